The predicted octanol–water partition coefficient (Wildman–Crippen LogP) is 2.19. The topological polar surface area (TPSA) is 41.7 Å². The zero-order valence-corrected chi connectivity index (χ0v) is 13.4. The Kier molecular flexibility index (Phi) is 6.33. The zero-order valence-electron chi connectivity index (χ0n) is 13.4. The molecule has 1 atom stereocenters. The van der Waals surface area contributed by atoms with Crippen LogP contribution in [0.1, 0.15) is 19.8 Å². The third kappa shape index (κ3) is 4.35. The second kappa shape index (κ2) is 8.25. The third-order valence-electron chi connectivity index (χ3n) is 4.34. The zero-order chi connectivity index (χ0) is 15.1. The van der Waals surface area contributed by atoms with Crippen LogP contribution in [0, 0.1) is 5.92 Å². The minimum atomic E-state index is 0.646. The summed E-state index contributed by atoms with van der Waals surface area (Å²) in [5, 5.41) is 0. The summed E-state index contributed by atoms with van der Waals surface area (Å²) in [5.41, 5.74) is 7.09. The summed E-state index contributed by atoms with van der Waals surface area (Å²) in [5.74, 6) is 1.62. The first-order valence-electron chi connectivity index (χ1n) is 8.08. The van der Waals surface area contributed by atoms with Crippen molar-refractivity contribution in [2.24, 2.45) is 11.7 Å². The molecule has 0 aliphatic carbocycles. The highest BCUT2D eigenvalue weighted by Crippen LogP contribution is 2.28. The highest BCUT2D eigenvalue weighted by atomic mass is 16.5. The van der Waals surface area contributed by atoms with Crippen LogP contribution in [-0.2, 0) is 0 Å². The maximum atomic E-state index is 5.88. The first-order valence-corrected chi connectivity index (χ1v) is 8.08. The second-order valence-corrected chi connectivity index (χ2v) is 5.85. The van der Waals surface area contributed by atoms with E-state index in [0.29, 0.717) is 5.92 Å². The highest BCUT2D eigenvalue weighted by Gasteiger charge is 2.21. The average Bonchev–Trinajstić information content (AvgIpc) is 2.55. The van der Waals surface area contributed by atoms with Crippen molar-refractivity contribution in [3.63, 3.8) is 0 Å². The van der Waals surface area contributed by atoms with Gasteiger partial charge in [0, 0.05) is 32.7 Å². The fraction of sp³-hybridized carbons (Fsp3) is 0.647. The predicted molar refractivity (Wildman–Crippen MR) is 89.1 cm³/mol. The number of nitrogens with zero attached hydrogens (tertiary/aromatic N) is 2. The number of ether oxygens (including phenoxy) is 1. The van der Waals surface area contributed by atoms with E-state index in [2.05, 4.69) is 28.9 Å². The fourth-order valence-corrected chi connectivity index (χ4v) is 3.12. The SMILES string of the molecule is CCCC(CN)CN1CCN(c2ccccc2OC)CC1. The summed E-state index contributed by atoms with van der Waals surface area (Å²) >= 11 is 0. The summed E-state index contributed by atoms with van der Waals surface area (Å²) in [6.45, 7) is 8.52. The van der Waals surface area contributed by atoms with Crippen molar-refractivity contribution in [3.05, 3.63) is 24.3 Å². The maximum Gasteiger partial charge on any atom is 0.142 e. The lowest BCUT2D eigenvalue weighted by Crippen LogP contribution is -2.48. The van der Waals surface area contributed by atoms with E-state index < -0.39 is 0 Å². The molecule has 1 saturated heterocycles. The van der Waals surface area contributed by atoms with Gasteiger partial charge >= 0.3 is 0 Å². The van der Waals surface area contributed by atoms with Crippen LogP contribution < -0.4 is 15.4 Å². The van der Waals surface area contributed by atoms with Gasteiger partial charge in [-0.2, -0.15) is 0 Å². The average molecular weight is 291 g/mol. The number of nitrogens with two attached hydrogens (primary N) is 1. The van der Waals surface area contributed by atoms with Gasteiger partial charge in [0.1, 0.15) is 5.75 Å². The molecule has 0 spiro atoms. The van der Waals surface area contributed by atoms with Crippen molar-refractivity contribution in [2.75, 3.05) is 51.3 Å². The van der Waals surface area contributed by atoms with Crippen LogP contribution >= 0.6 is 0 Å². The van der Waals surface area contributed by atoms with E-state index in [1.54, 1.807) is 7.11 Å². The molecule has 118 valence electrons. The number of anilines is 1. The maximum absolute atomic E-state index is 5.88. The molecule has 0 amide bonds. The molecule has 4 heteroatoms. The molecule has 21 heavy (non-hydrogen) atoms. The number of para-hydroxylation sites is 2. The minimum absolute atomic E-state index is 0.646. The summed E-state index contributed by atoms with van der Waals surface area (Å²) in [6, 6.07) is 8.28. The van der Waals surface area contributed by atoms with E-state index in [0.717, 1.165) is 45.0 Å². The van der Waals surface area contributed by atoms with Crippen molar-refractivity contribution in [1.82, 2.24) is 4.90 Å². The Hall–Kier alpha value is -1.26. The van der Waals surface area contributed by atoms with Crippen LogP contribution in [0.3, 0.4) is 0 Å². The molecule has 0 saturated carbocycles. The Labute approximate surface area is 128 Å². The quantitative estimate of drug-likeness (QED) is 0.836. The molecule has 0 radical (unpaired) electrons. The normalized spacial score (nSPS) is 17.8. The molecule has 1 aromatic rings. The van der Waals surface area contributed by atoms with Crippen LogP contribution in [0.4, 0.5) is 5.69 Å². The summed E-state index contributed by atoms with van der Waals surface area (Å²) in [7, 11) is 1.74. The summed E-state index contributed by atoms with van der Waals surface area (Å²) in [6.07, 6.45) is 2.46. The molecular weight excluding hydrogens is 262 g/mol. The van der Waals surface area contributed by atoms with Gasteiger partial charge < -0.3 is 15.4 Å². The Bertz CT molecular complexity index is 416. The van der Waals surface area contributed by atoms with Crippen molar-refractivity contribution >= 4 is 5.69 Å². The van der Waals surface area contributed by atoms with Gasteiger partial charge in [0.05, 0.1) is 12.8 Å². The first kappa shape index (κ1) is 16.1. The van der Waals surface area contributed by atoms with E-state index in [9.17, 15) is 0 Å². The largest absolute Gasteiger partial charge is 0.495 e. The van der Waals surface area contributed by atoms with Crippen molar-refractivity contribution in [2.45, 2.75) is 19.8 Å². The van der Waals surface area contributed by atoms with Crippen LogP contribution in [0.2, 0.25) is 0 Å². The number of methoxy groups -OCH3 is 1. The van der Waals surface area contributed by atoms with Crippen LogP contribution in [0.25, 0.3) is 0 Å². The van der Waals surface area contributed by atoms with E-state index in [-0.39, 0.29) is 0 Å². The Morgan fingerprint density at radius 1 is 1.19 bits per heavy atom. The summed E-state index contributed by atoms with van der Waals surface area (Å²) in [4.78, 5) is 4.98. The Morgan fingerprint density at radius 2 is 1.90 bits per heavy atom. The van der Waals surface area contributed by atoms with Gasteiger partial charge in [0.2, 0.25) is 0 Å². The monoisotopic (exact) mass is 291 g/mol. The lowest BCUT2D eigenvalue weighted by atomic mass is 10.0. The first-order chi connectivity index (χ1) is 10.3. The van der Waals surface area contributed by atoms with Crippen LogP contribution in [0.5, 0.6) is 5.75 Å². The lowest BCUT2D eigenvalue weighted by molar-refractivity contribution is 0.214. The van der Waals surface area contributed by atoms with Gasteiger partial charge in [0.15, 0.2) is 0 Å². The van der Waals surface area contributed by atoms with Gasteiger partial charge in [-0.3, -0.25) is 4.90 Å². The van der Waals surface area contributed by atoms with Gasteiger partial charge in [-0.05, 0) is 31.0 Å². The fourth-order valence-electron chi connectivity index (χ4n) is 3.12. The minimum Gasteiger partial charge on any atom is -0.495 e. The molecule has 1 unspecified atom stereocenters. The van der Waals surface area contributed by atoms with E-state index in [1.165, 1.54) is 18.5 Å². The Balaban J connectivity index is 1.88. The number of benzene rings is 1. The molecule has 0 aromatic heterocycles. The third-order valence-corrected chi connectivity index (χ3v) is 4.34. The molecule has 0 bridgehead atoms. The van der Waals surface area contributed by atoms with Crippen molar-refractivity contribution in [3.8, 4) is 5.75 Å². The molecule has 1 aromatic carbocycles. The lowest BCUT2D eigenvalue weighted by Gasteiger charge is -2.38. The molecule has 1 aliphatic rings. The second-order valence-electron chi connectivity index (χ2n) is 5.85. The molecule has 1 aliphatic heterocycles. The van der Waals surface area contributed by atoms with Gasteiger partial charge in [-0.25, -0.2) is 0 Å². The number of rotatable bonds is 7. The van der Waals surface area contributed by atoms with Crippen LogP contribution in [0.15, 0.2) is 24.3 Å². The van der Waals surface area contributed by atoms with Crippen molar-refractivity contribution in [1.29, 1.82) is 0 Å². The molecule has 4 nitrogen and oxygen atoms in total. The van der Waals surface area contributed by atoms with Crippen molar-refractivity contribution < 1.29 is 4.74 Å². The highest BCUT2D eigenvalue weighted by molar-refractivity contribution is 5.58. The van der Waals surface area contributed by atoms with E-state index >= 15 is 0 Å². The van der Waals surface area contributed by atoms with Gasteiger partial charge in [-0.15, -0.1) is 0 Å². The van der Waals surface area contributed by atoms with Gasteiger partial charge in [0.25, 0.3) is 0 Å². The number of hydrogen-bond acceptors (Lipinski definition) is 4. The van der Waals surface area contributed by atoms with Gasteiger partial charge in [-0.1, -0.05) is 25.5 Å². The molecule has 1 fully saturated rings. The smallest absolute Gasteiger partial charge is 0.142 e. The molecular formula is C17H29N3O. The molecule has 1 heterocycles. The van der Waals surface area contributed by atoms with Crippen LogP contribution in [-0.4, -0.2) is 51.3 Å². The Morgan fingerprint density at radius 3 is 2.52 bits per heavy atom. The standard InChI is InChI=1S/C17H29N3O/c1-3-6-15(13-18)14-19-9-11-20(12-10-19)16-7-4-5-8-17(16)21-2/h4-5,7-8,15H,3,6,9-14,18H2,1-2H3. The molecule has 2 rings (SSSR count). The number of piperazine rings is 1. The molecule has 2 N–H and O–H groups in total. The van der Waals surface area contributed by atoms with E-state index in [1.807, 2.05) is 12.1 Å². The summed E-state index contributed by atoms with van der Waals surface area (Å²) < 4.78 is 5.47. The number of hydrogen-bond donors (Lipinski definition) is 1. The van der Waals surface area contributed by atoms with E-state index in [4.69, 9.17) is 10.5 Å².